The van der Waals surface area contributed by atoms with E-state index in [9.17, 15) is 9.59 Å². The lowest BCUT2D eigenvalue weighted by Gasteiger charge is -2.31. The summed E-state index contributed by atoms with van der Waals surface area (Å²) in [5.41, 5.74) is 3.46. The van der Waals surface area contributed by atoms with Crippen molar-refractivity contribution in [1.82, 2.24) is 0 Å². The standard InChI is InChI=1S/C14H17N3O3/c1-9(18)15-12-8-11-10(7-14(19)16-11)6-13(12)17-2-4-20-5-3-17/h6,8H,2-5,7H2,1H3,(H,15,18)(H,16,19). The third-order valence-electron chi connectivity index (χ3n) is 3.51. The number of carbonyl (C=O) groups is 2. The summed E-state index contributed by atoms with van der Waals surface area (Å²) < 4.78 is 5.36. The highest BCUT2D eigenvalue weighted by atomic mass is 16.5. The van der Waals surface area contributed by atoms with E-state index in [-0.39, 0.29) is 11.8 Å². The number of nitrogens with zero attached hydrogens (tertiary/aromatic N) is 1. The van der Waals surface area contributed by atoms with Crippen molar-refractivity contribution in [2.45, 2.75) is 13.3 Å². The third kappa shape index (κ3) is 2.46. The molecule has 2 aliphatic heterocycles. The molecule has 0 radical (unpaired) electrons. The number of fused-ring (bicyclic) bond motifs is 1. The largest absolute Gasteiger partial charge is 0.378 e. The van der Waals surface area contributed by atoms with Gasteiger partial charge in [0.1, 0.15) is 0 Å². The van der Waals surface area contributed by atoms with Gasteiger partial charge in [-0.1, -0.05) is 0 Å². The first-order chi connectivity index (χ1) is 9.63. The summed E-state index contributed by atoms with van der Waals surface area (Å²) in [5, 5.41) is 5.65. The highest BCUT2D eigenvalue weighted by Crippen LogP contribution is 2.35. The van der Waals surface area contributed by atoms with Gasteiger partial charge in [0.15, 0.2) is 0 Å². The molecule has 3 rings (SSSR count). The molecule has 2 aliphatic rings. The second-order valence-electron chi connectivity index (χ2n) is 5.03. The van der Waals surface area contributed by atoms with Gasteiger partial charge in [0.05, 0.1) is 31.0 Å². The Morgan fingerprint density at radius 1 is 1.35 bits per heavy atom. The lowest BCUT2D eigenvalue weighted by Crippen LogP contribution is -2.36. The Hall–Kier alpha value is -2.08. The number of morpholine rings is 1. The van der Waals surface area contributed by atoms with Crippen LogP contribution in [0.15, 0.2) is 12.1 Å². The van der Waals surface area contributed by atoms with Crippen LogP contribution in [0.3, 0.4) is 0 Å². The van der Waals surface area contributed by atoms with Crippen LogP contribution < -0.4 is 15.5 Å². The second kappa shape index (κ2) is 5.13. The highest BCUT2D eigenvalue weighted by molar-refractivity contribution is 6.02. The van der Waals surface area contributed by atoms with Gasteiger partial charge in [0.25, 0.3) is 0 Å². The van der Waals surface area contributed by atoms with Crippen molar-refractivity contribution in [3.8, 4) is 0 Å². The monoisotopic (exact) mass is 275 g/mol. The van der Waals surface area contributed by atoms with E-state index in [1.807, 2.05) is 12.1 Å². The van der Waals surface area contributed by atoms with E-state index in [2.05, 4.69) is 15.5 Å². The Morgan fingerprint density at radius 2 is 2.10 bits per heavy atom. The number of hydrogen-bond donors (Lipinski definition) is 2. The Morgan fingerprint density at radius 3 is 2.80 bits per heavy atom. The Bertz CT molecular complexity index is 565. The molecule has 1 aromatic rings. The summed E-state index contributed by atoms with van der Waals surface area (Å²) in [7, 11) is 0. The molecule has 0 bridgehead atoms. The molecular weight excluding hydrogens is 258 g/mol. The van der Waals surface area contributed by atoms with Crippen molar-refractivity contribution in [2.24, 2.45) is 0 Å². The predicted octanol–water partition coefficient (Wildman–Crippen LogP) is 0.976. The zero-order valence-electron chi connectivity index (χ0n) is 11.4. The topological polar surface area (TPSA) is 70.7 Å². The molecule has 1 aromatic carbocycles. The normalized spacial score (nSPS) is 17.6. The molecule has 6 nitrogen and oxygen atoms in total. The van der Waals surface area contributed by atoms with Crippen LogP contribution in [0.2, 0.25) is 0 Å². The van der Waals surface area contributed by atoms with Crippen LogP contribution in [-0.4, -0.2) is 38.1 Å². The average molecular weight is 275 g/mol. The number of anilines is 3. The van der Waals surface area contributed by atoms with Crippen LogP contribution >= 0.6 is 0 Å². The molecule has 106 valence electrons. The SMILES string of the molecule is CC(=O)Nc1cc2c(cc1N1CCOCC1)CC(=O)N2. The maximum absolute atomic E-state index is 11.5. The van der Waals surface area contributed by atoms with Crippen molar-refractivity contribution in [3.63, 3.8) is 0 Å². The molecule has 1 fully saturated rings. The minimum absolute atomic E-state index is 0.00657. The maximum Gasteiger partial charge on any atom is 0.228 e. The molecule has 6 heteroatoms. The van der Waals surface area contributed by atoms with E-state index >= 15 is 0 Å². The van der Waals surface area contributed by atoms with Gasteiger partial charge < -0.3 is 20.3 Å². The number of hydrogen-bond acceptors (Lipinski definition) is 4. The first kappa shape index (κ1) is 12.9. The number of amides is 2. The molecule has 2 N–H and O–H groups in total. The molecule has 2 amide bonds. The summed E-state index contributed by atoms with van der Waals surface area (Å²) in [4.78, 5) is 25.0. The zero-order valence-corrected chi connectivity index (χ0v) is 11.4. The Kier molecular flexibility index (Phi) is 3.31. The lowest BCUT2D eigenvalue weighted by atomic mass is 10.1. The molecule has 2 heterocycles. The minimum atomic E-state index is -0.121. The van der Waals surface area contributed by atoms with E-state index < -0.39 is 0 Å². The van der Waals surface area contributed by atoms with Crippen LogP contribution in [0.25, 0.3) is 0 Å². The molecule has 0 spiro atoms. The van der Waals surface area contributed by atoms with Crippen molar-refractivity contribution in [2.75, 3.05) is 41.8 Å². The lowest BCUT2D eigenvalue weighted by molar-refractivity contribution is -0.115. The van der Waals surface area contributed by atoms with Crippen LogP contribution in [0.4, 0.5) is 17.1 Å². The second-order valence-corrected chi connectivity index (χ2v) is 5.03. The van der Waals surface area contributed by atoms with E-state index in [1.54, 1.807) is 0 Å². The quantitative estimate of drug-likeness (QED) is 0.844. The fourth-order valence-corrected chi connectivity index (χ4v) is 2.62. The molecule has 0 atom stereocenters. The van der Waals surface area contributed by atoms with Gasteiger partial charge in [-0.2, -0.15) is 0 Å². The van der Waals surface area contributed by atoms with E-state index in [1.165, 1.54) is 6.92 Å². The molecule has 0 aliphatic carbocycles. The summed E-state index contributed by atoms with van der Waals surface area (Å²) in [6, 6.07) is 3.83. The van der Waals surface area contributed by atoms with E-state index in [0.717, 1.165) is 35.7 Å². The van der Waals surface area contributed by atoms with Gasteiger partial charge in [-0.3, -0.25) is 9.59 Å². The summed E-state index contributed by atoms with van der Waals surface area (Å²) in [6.45, 7) is 4.40. The molecule has 20 heavy (non-hydrogen) atoms. The minimum Gasteiger partial charge on any atom is -0.378 e. The first-order valence-corrected chi connectivity index (χ1v) is 6.70. The van der Waals surface area contributed by atoms with E-state index in [0.29, 0.717) is 19.6 Å². The van der Waals surface area contributed by atoms with Crippen molar-refractivity contribution >= 4 is 28.9 Å². The van der Waals surface area contributed by atoms with Gasteiger partial charge >= 0.3 is 0 Å². The molecule has 1 saturated heterocycles. The number of nitrogens with one attached hydrogen (secondary N) is 2. The third-order valence-corrected chi connectivity index (χ3v) is 3.51. The number of ether oxygens (including phenoxy) is 1. The highest BCUT2D eigenvalue weighted by Gasteiger charge is 2.23. The van der Waals surface area contributed by atoms with Gasteiger partial charge in [-0.15, -0.1) is 0 Å². The van der Waals surface area contributed by atoms with Gasteiger partial charge in [0.2, 0.25) is 11.8 Å². The van der Waals surface area contributed by atoms with Crippen LogP contribution in [0.5, 0.6) is 0 Å². The average Bonchev–Trinajstić information content (AvgIpc) is 2.77. The number of rotatable bonds is 2. The zero-order chi connectivity index (χ0) is 14.1. The fraction of sp³-hybridized carbons (Fsp3) is 0.429. The van der Waals surface area contributed by atoms with Gasteiger partial charge in [-0.25, -0.2) is 0 Å². The first-order valence-electron chi connectivity index (χ1n) is 6.70. The molecule has 0 unspecified atom stereocenters. The molecule has 0 aromatic heterocycles. The van der Waals surface area contributed by atoms with Gasteiger partial charge in [0, 0.05) is 25.7 Å². The van der Waals surface area contributed by atoms with Crippen LogP contribution in [0, 0.1) is 0 Å². The van der Waals surface area contributed by atoms with Crippen LogP contribution in [-0.2, 0) is 20.7 Å². The summed E-state index contributed by atoms with van der Waals surface area (Å²) in [5.74, 6) is -0.128. The van der Waals surface area contributed by atoms with Crippen molar-refractivity contribution in [1.29, 1.82) is 0 Å². The Balaban J connectivity index is 1.99. The number of carbonyl (C=O) groups excluding carboxylic acids is 2. The van der Waals surface area contributed by atoms with Crippen LogP contribution in [0.1, 0.15) is 12.5 Å². The smallest absolute Gasteiger partial charge is 0.228 e. The van der Waals surface area contributed by atoms with E-state index in [4.69, 9.17) is 4.74 Å². The summed E-state index contributed by atoms with van der Waals surface area (Å²) in [6.07, 6.45) is 0.396. The summed E-state index contributed by atoms with van der Waals surface area (Å²) >= 11 is 0. The molecular formula is C14H17N3O3. The van der Waals surface area contributed by atoms with Crippen molar-refractivity contribution < 1.29 is 14.3 Å². The maximum atomic E-state index is 11.5. The number of benzene rings is 1. The van der Waals surface area contributed by atoms with Crippen molar-refractivity contribution in [3.05, 3.63) is 17.7 Å². The Labute approximate surface area is 117 Å². The van der Waals surface area contributed by atoms with Gasteiger partial charge in [-0.05, 0) is 17.7 Å². The fourth-order valence-electron chi connectivity index (χ4n) is 2.62. The predicted molar refractivity (Wildman–Crippen MR) is 76.1 cm³/mol. The molecule has 0 saturated carbocycles.